The van der Waals surface area contributed by atoms with Crippen LogP contribution in [0.4, 0.5) is 0 Å². The van der Waals surface area contributed by atoms with Gasteiger partial charge < -0.3 is 15.0 Å². The van der Waals surface area contributed by atoms with Crippen LogP contribution in [-0.2, 0) is 4.74 Å². The van der Waals surface area contributed by atoms with Gasteiger partial charge in [-0.15, -0.1) is 0 Å². The topological polar surface area (TPSA) is 49.2 Å². The zero-order valence-corrected chi connectivity index (χ0v) is 10.4. The maximum Gasteiger partial charge on any atom is 0.179 e. The van der Waals surface area contributed by atoms with Crippen LogP contribution in [0.2, 0.25) is 0 Å². The molecular weight excluding hydrogens is 240 g/mol. The number of nitrogens with one attached hydrogen (secondary N) is 1. The fourth-order valence-electron chi connectivity index (χ4n) is 2.45. The Hall–Kier alpha value is -1.07. The summed E-state index contributed by atoms with van der Waals surface area (Å²) in [6.45, 7) is 2.81. The van der Waals surface area contributed by atoms with Crippen molar-refractivity contribution in [3.63, 3.8) is 0 Å². The van der Waals surface area contributed by atoms with Gasteiger partial charge >= 0.3 is 0 Å². The summed E-state index contributed by atoms with van der Waals surface area (Å²) in [7, 11) is 0. The third kappa shape index (κ3) is 1.65. The predicted octanol–water partition coefficient (Wildman–Crippen LogP) is 1.61. The first-order valence-electron chi connectivity index (χ1n) is 5.86. The third-order valence-corrected chi connectivity index (χ3v) is 3.73. The Bertz CT molecular complexity index is 414. The predicted molar refractivity (Wildman–Crippen MR) is 66.8 cm³/mol. The molecule has 3 rings (SSSR count). The molecule has 1 N–H and O–H groups in total. The van der Waals surface area contributed by atoms with Gasteiger partial charge in [0.25, 0.3) is 0 Å². The monoisotopic (exact) mass is 254 g/mol. The normalized spacial score (nSPS) is 36.1. The molecule has 17 heavy (non-hydrogen) atoms. The Morgan fingerprint density at radius 3 is 3.24 bits per heavy atom. The van der Waals surface area contributed by atoms with Gasteiger partial charge in [0.2, 0.25) is 0 Å². The van der Waals surface area contributed by atoms with Gasteiger partial charge in [-0.3, -0.25) is 0 Å². The summed E-state index contributed by atoms with van der Waals surface area (Å²) in [5.41, 5.74) is 0.237. The highest BCUT2D eigenvalue weighted by Crippen LogP contribution is 2.38. The summed E-state index contributed by atoms with van der Waals surface area (Å²) in [6, 6.07) is 0. The van der Waals surface area contributed by atoms with Gasteiger partial charge in [0, 0.05) is 6.61 Å². The molecule has 0 aliphatic carbocycles. The van der Waals surface area contributed by atoms with Crippen LogP contribution >= 0.6 is 11.6 Å². The molecule has 0 aromatic heterocycles. The quantitative estimate of drug-likeness (QED) is 0.724. The maximum atomic E-state index is 6.11. The van der Waals surface area contributed by atoms with E-state index < -0.39 is 5.66 Å². The molecule has 3 aliphatic rings. The lowest BCUT2D eigenvalue weighted by Crippen LogP contribution is -2.51. The van der Waals surface area contributed by atoms with E-state index in [1.807, 2.05) is 6.92 Å². The average Bonchev–Trinajstić information content (AvgIpc) is 2.69. The summed E-state index contributed by atoms with van der Waals surface area (Å²) in [4.78, 5) is 10.9. The molecule has 1 fully saturated rings. The highest BCUT2D eigenvalue weighted by Gasteiger charge is 2.45. The van der Waals surface area contributed by atoms with Crippen LogP contribution < -0.4 is 5.32 Å². The standard InChI is InChI=1S/C11H15ClN4O/c1-11-9(10(12)13-6-15-11)14-7-16(11)8-4-2-3-5-17-8/h6-8H,2-5H2,1H3,(H,13,15). The molecule has 2 atom stereocenters. The summed E-state index contributed by atoms with van der Waals surface area (Å²) in [5.74, 6) is 0. The molecule has 0 saturated carbocycles. The van der Waals surface area contributed by atoms with Crippen molar-refractivity contribution < 1.29 is 4.74 Å². The molecular formula is C11H15ClN4O. The molecule has 1 saturated heterocycles. The Labute approximate surface area is 105 Å². The molecule has 3 aliphatic heterocycles. The van der Waals surface area contributed by atoms with Gasteiger partial charge in [-0.1, -0.05) is 11.6 Å². The van der Waals surface area contributed by atoms with E-state index in [1.54, 1.807) is 12.7 Å². The molecule has 0 aromatic rings. The lowest BCUT2D eigenvalue weighted by molar-refractivity contribution is -0.0759. The van der Waals surface area contributed by atoms with E-state index in [-0.39, 0.29) is 6.23 Å². The number of halogens is 1. The zero-order valence-electron chi connectivity index (χ0n) is 9.69. The minimum atomic E-state index is -0.523. The summed E-state index contributed by atoms with van der Waals surface area (Å²) < 4.78 is 5.79. The fourth-order valence-corrected chi connectivity index (χ4v) is 2.73. The molecule has 0 bridgehead atoms. The fraction of sp³-hybridized carbons (Fsp3) is 0.636. The second kappa shape index (κ2) is 3.99. The SMILES string of the molecule is CC12N=CNC(Cl)=C1N=CN2C1CCCCO1. The van der Waals surface area contributed by atoms with E-state index in [1.165, 1.54) is 6.42 Å². The average molecular weight is 255 g/mol. The number of nitrogens with zero attached hydrogens (tertiary/aromatic N) is 3. The highest BCUT2D eigenvalue weighted by molar-refractivity contribution is 6.30. The van der Waals surface area contributed by atoms with Gasteiger partial charge in [0.05, 0.1) is 12.7 Å². The number of fused-ring (bicyclic) bond motifs is 1. The van der Waals surface area contributed by atoms with Crippen molar-refractivity contribution in [3.8, 4) is 0 Å². The molecule has 0 amide bonds. The largest absolute Gasteiger partial charge is 0.358 e. The molecule has 5 nitrogen and oxygen atoms in total. The van der Waals surface area contributed by atoms with Crippen LogP contribution in [-0.4, -0.2) is 36.1 Å². The Balaban J connectivity index is 1.90. The number of aliphatic imine (C=N–C) groups is 2. The first-order valence-corrected chi connectivity index (χ1v) is 6.24. The van der Waals surface area contributed by atoms with Crippen LogP contribution in [0.25, 0.3) is 0 Å². The molecule has 0 radical (unpaired) electrons. The molecule has 92 valence electrons. The third-order valence-electron chi connectivity index (χ3n) is 3.44. The molecule has 0 spiro atoms. The number of hydrogen-bond acceptors (Lipinski definition) is 5. The van der Waals surface area contributed by atoms with Crippen molar-refractivity contribution in [3.05, 3.63) is 10.9 Å². The first kappa shape index (κ1) is 11.0. The maximum absolute atomic E-state index is 6.11. The Morgan fingerprint density at radius 1 is 1.59 bits per heavy atom. The number of hydrogen-bond donors (Lipinski definition) is 1. The lowest BCUT2D eigenvalue weighted by Gasteiger charge is -2.40. The van der Waals surface area contributed by atoms with E-state index in [4.69, 9.17) is 16.3 Å². The van der Waals surface area contributed by atoms with Gasteiger partial charge in [0.15, 0.2) is 5.66 Å². The van der Waals surface area contributed by atoms with Gasteiger partial charge in [0.1, 0.15) is 17.1 Å². The van der Waals surface area contributed by atoms with E-state index in [0.717, 1.165) is 25.1 Å². The summed E-state index contributed by atoms with van der Waals surface area (Å²) in [6.07, 6.45) is 6.78. The van der Waals surface area contributed by atoms with Crippen molar-refractivity contribution in [2.45, 2.75) is 38.1 Å². The van der Waals surface area contributed by atoms with E-state index in [2.05, 4.69) is 20.2 Å². The molecule has 2 unspecified atom stereocenters. The van der Waals surface area contributed by atoms with E-state index in [0.29, 0.717) is 5.16 Å². The zero-order chi connectivity index (χ0) is 11.9. The van der Waals surface area contributed by atoms with Crippen LogP contribution in [0, 0.1) is 0 Å². The van der Waals surface area contributed by atoms with Crippen LogP contribution in [0.15, 0.2) is 20.8 Å². The van der Waals surface area contributed by atoms with Crippen molar-refractivity contribution in [2.24, 2.45) is 9.98 Å². The van der Waals surface area contributed by atoms with Gasteiger partial charge in [-0.05, 0) is 26.2 Å². The van der Waals surface area contributed by atoms with E-state index >= 15 is 0 Å². The molecule has 0 aromatic carbocycles. The minimum Gasteiger partial charge on any atom is -0.358 e. The van der Waals surface area contributed by atoms with Crippen LogP contribution in [0.5, 0.6) is 0 Å². The highest BCUT2D eigenvalue weighted by atomic mass is 35.5. The van der Waals surface area contributed by atoms with Gasteiger partial charge in [-0.2, -0.15) is 0 Å². The second-order valence-corrected chi connectivity index (χ2v) is 4.94. The molecule has 6 heteroatoms. The van der Waals surface area contributed by atoms with Crippen molar-refractivity contribution in [1.82, 2.24) is 10.2 Å². The van der Waals surface area contributed by atoms with Crippen molar-refractivity contribution in [2.75, 3.05) is 6.61 Å². The van der Waals surface area contributed by atoms with Crippen LogP contribution in [0.3, 0.4) is 0 Å². The second-order valence-electron chi connectivity index (χ2n) is 4.56. The van der Waals surface area contributed by atoms with Crippen molar-refractivity contribution >= 4 is 24.3 Å². The lowest BCUT2D eigenvalue weighted by atomic mass is 10.1. The smallest absolute Gasteiger partial charge is 0.179 e. The first-order chi connectivity index (χ1) is 8.22. The van der Waals surface area contributed by atoms with E-state index in [9.17, 15) is 0 Å². The van der Waals surface area contributed by atoms with Crippen LogP contribution in [0.1, 0.15) is 26.2 Å². The Morgan fingerprint density at radius 2 is 2.47 bits per heavy atom. The minimum absolute atomic E-state index is 0.0507. The summed E-state index contributed by atoms with van der Waals surface area (Å²) in [5, 5.41) is 3.41. The summed E-state index contributed by atoms with van der Waals surface area (Å²) >= 11 is 6.11. The molecule has 3 heterocycles. The number of ether oxygens (including phenoxy) is 1. The number of rotatable bonds is 1. The Kier molecular flexibility index (Phi) is 2.60. The van der Waals surface area contributed by atoms with Crippen molar-refractivity contribution in [1.29, 1.82) is 0 Å². The van der Waals surface area contributed by atoms with Gasteiger partial charge in [-0.25, -0.2) is 9.98 Å².